The number of nitrogens with zero attached hydrogens (tertiary/aromatic N) is 1. The number of aromatic amines is 1. The van der Waals surface area contributed by atoms with Crippen LogP contribution in [0.2, 0.25) is 0 Å². The number of nitrogens with one attached hydrogen (secondary N) is 2. The molecular formula is C14H21N3. The average molecular weight is 231 g/mol. The third-order valence-corrected chi connectivity index (χ3v) is 3.12. The first kappa shape index (κ1) is 12.0. The molecule has 0 aliphatic carbocycles. The first-order chi connectivity index (χ1) is 8.31. The summed E-state index contributed by atoms with van der Waals surface area (Å²) in [5.74, 6) is 0. The lowest BCUT2D eigenvalue weighted by atomic mass is 10.1. The molecule has 2 N–H and O–H groups in total. The van der Waals surface area contributed by atoms with Crippen molar-refractivity contribution in [3.63, 3.8) is 0 Å². The Morgan fingerprint density at radius 2 is 2.24 bits per heavy atom. The van der Waals surface area contributed by atoms with Crippen LogP contribution in [0, 0.1) is 0 Å². The van der Waals surface area contributed by atoms with Gasteiger partial charge in [-0.05, 0) is 19.4 Å². The molecule has 2 rings (SSSR count). The van der Waals surface area contributed by atoms with Crippen LogP contribution < -0.4 is 5.32 Å². The summed E-state index contributed by atoms with van der Waals surface area (Å²) in [6, 6.07) is 6.76. The van der Waals surface area contributed by atoms with E-state index in [1.807, 2.05) is 6.20 Å². The van der Waals surface area contributed by atoms with E-state index >= 15 is 0 Å². The first-order valence-electron chi connectivity index (χ1n) is 6.50. The van der Waals surface area contributed by atoms with Gasteiger partial charge in [-0.1, -0.05) is 38.3 Å². The van der Waals surface area contributed by atoms with Gasteiger partial charge >= 0.3 is 0 Å². The summed E-state index contributed by atoms with van der Waals surface area (Å²) in [6.07, 6.45) is 6.98. The molecule has 1 aromatic heterocycles. The maximum absolute atomic E-state index is 4.08. The third-order valence-electron chi connectivity index (χ3n) is 3.12. The minimum Gasteiger partial charge on any atom is -0.381 e. The van der Waals surface area contributed by atoms with Crippen LogP contribution in [0.25, 0.3) is 10.9 Å². The van der Waals surface area contributed by atoms with Gasteiger partial charge in [0.05, 0.1) is 17.4 Å². The average Bonchev–Trinajstić information content (AvgIpc) is 2.78. The van der Waals surface area contributed by atoms with Gasteiger partial charge in [-0.2, -0.15) is 5.10 Å². The van der Waals surface area contributed by atoms with Crippen molar-refractivity contribution >= 4 is 16.6 Å². The molecule has 1 unspecified atom stereocenters. The van der Waals surface area contributed by atoms with Gasteiger partial charge < -0.3 is 5.32 Å². The molecule has 0 radical (unpaired) electrons. The zero-order chi connectivity index (χ0) is 12.1. The predicted molar refractivity (Wildman–Crippen MR) is 73.3 cm³/mol. The van der Waals surface area contributed by atoms with Crippen molar-refractivity contribution in [3.8, 4) is 0 Å². The van der Waals surface area contributed by atoms with Gasteiger partial charge in [0.15, 0.2) is 0 Å². The van der Waals surface area contributed by atoms with Crippen molar-refractivity contribution in [2.45, 2.75) is 45.6 Å². The molecule has 1 aromatic carbocycles. The Kier molecular flexibility index (Phi) is 4.02. The molecule has 3 nitrogen and oxygen atoms in total. The summed E-state index contributed by atoms with van der Waals surface area (Å²) in [4.78, 5) is 0. The number of H-pyrrole nitrogens is 1. The second kappa shape index (κ2) is 5.71. The van der Waals surface area contributed by atoms with E-state index in [0.717, 1.165) is 16.6 Å². The fraction of sp³-hybridized carbons (Fsp3) is 0.500. The van der Waals surface area contributed by atoms with Crippen LogP contribution in [0.1, 0.15) is 39.5 Å². The van der Waals surface area contributed by atoms with E-state index in [2.05, 4.69) is 47.6 Å². The van der Waals surface area contributed by atoms with E-state index in [4.69, 9.17) is 0 Å². The number of para-hydroxylation sites is 1. The number of hydrogen-bond donors (Lipinski definition) is 2. The van der Waals surface area contributed by atoms with Crippen LogP contribution in [0.5, 0.6) is 0 Å². The summed E-state index contributed by atoms with van der Waals surface area (Å²) < 4.78 is 0. The second-order valence-corrected chi connectivity index (χ2v) is 4.68. The standard InChI is InChI=1S/C14H21N3/c1-3-4-5-7-11(2)16-13-9-6-8-12-10-15-17-14(12)13/h6,8-11,16H,3-5,7H2,1-2H3,(H,15,17). The molecule has 92 valence electrons. The third kappa shape index (κ3) is 2.99. The predicted octanol–water partition coefficient (Wildman–Crippen LogP) is 3.94. The summed E-state index contributed by atoms with van der Waals surface area (Å²) in [5, 5.41) is 11.8. The maximum atomic E-state index is 4.08. The Labute approximate surface area is 103 Å². The van der Waals surface area contributed by atoms with Crippen molar-refractivity contribution in [1.82, 2.24) is 10.2 Å². The maximum Gasteiger partial charge on any atom is 0.0881 e. The summed E-state index contributed by atoms with van der Waals surface area (Å²) in [6.45, 7) is 4.48. The molecule has 0 spiro atoms. The highest BCUT2D eigenvalue weighted by molar-refractivity contribution is 5.89. The molecule has 0 amide bonds. The zero-order valence-corrected chi connectivity index (χ0v) is 10.7. The normalized spacial score (nSPS) is 12.8. The number of anilines is 1. The number of unbranched alkanes of at least 4 members (excludes halogenated alkanes) is 2. The molecule has 2 aromatic rings. The monoisotopic (exact) mass is 231 g/mol. The van der Waals surface area contributed by atoms with E-state index in [9.17, 15) is 0 Å². The highest BCUT2D eigenvalue weighted by Gasteiger charge is 2.06. The van der Waals surface area contributed by atoms with Crippen LogP contribution in [0.4, 0.5) is 5.69 Å². The van der Waals surface area contributed by atoms with Gasteiger partial charge in [-0.25, -0.2) is 0 Å². The van der Waals surface area contributed by atoms with E-state index < -0.39 is 0 Å². The van der Waals surface area contributed by atoms with E-state index in [0.29, 0.717) is 6.04 Å². The Bertz CT molecular complexity index is 461. The molecule has 17 heavy (non-hydrogen) atoms. The number of benzene rings is 1. The molecule has 0 saturated carbocycles. The van der Waals surface area contributed by atoms with E-state index in [-0.39, 0.29) is 0 Å². The first-order valence-corrected chi connectivity index (χ1v) is 6.50. The molecule has 0 saturated heterocycles. The van der Waals surface area contributed by atoms with Crippen LogP contribution in [0.3, 0.4) is 0 Å². The smallest absolute Gasteiger partial charge is 0.0881 e. The van der Waals surface area contributed by atoms with Gasteiger partial charge in [0, 0.05) is 11.4 Å². The molecule has 1 heterocycles. The van der Waals surface area contributed by atoms with Crippen LogP contribution >= 0.6 is 0 Å². The molecule has 0 fully saturated rings. The summed E-state index contributed by atoms with van der Waals surface area (Å²) in [7, 11) is 0. The molecule has 1 atom stereocenters. The van der Waals surface area contributed by atoms with E-state index in [1.54, 1.807) is 0 Å². The molecule has 0 aliphatic rings. The molecule has 0 aliphatic heterocycles. The zero-order valence-electron chi connectivity index (χ0n) is 10.7. The van der Waals surface area contributed by atoms with Gasteiger partial charge in [-0.3, -0.25) is 5.10 Å². The lowest BCUT2D eigenvalue weighted by Gasteiger charge is -2.15. The van der Waals surface area contributed by atoms with Gasteiger partial charge in [0.25, 0.3) is 0 Å². The second-order valence-electron chi connectivity index (χ2n) is 4.68. The van der Waals surface area contributed by atoms with Crippen molar-refractivity contribution in [3.05, 3.63) is 24.4 Å². The van der Waals surface area contributed by atoms with Gasteiger partial charge in [0.2, 0.25) is 0 Å². The fourth-order valence-corrected chi connectivity index (χ4v) is 2.13. The summed E-state index contributed by atoms with van der Waals surface area (Å²) in [5.41, 5.74) is 2.26. The van der Waals surface area contributed by atoms with Crippen molar-refractivity contribution in [1.29, 1.82) is 0 Å². The molecular weight excluding hydrogens is 210 g/mol. The number of aromatic nitrogens is 2. The van der Waals surface area contributed by atoms with Gasteiger partial charge in [0.1, 0.15) is 0 Å². The van der Waals surface area contributed by atoms with Gasteiger partial charge in [-0.15, -0.1) is 0 Å². The summed E-state index contributed by atoms with van der Waals surface area (Å²) >= 11 is 0. The topological polar surface area (TPSA) is 40.7 Å². The Morgan fingerprint density at radius 1 is 1.35 bits per heavy atom. The quantitative estimate of drug-likeness (QED) is 0.739. The van der Waals surface area contributed by atoms with Crippen LogP contribution in [-0.2, 0) is 0 Å². The van der Waals surface area contributed by atoms with Crippen molar-refractivity contribution < 1.29 is 0 Å². The number of fused-ring (bicyclic) bond motifs is 1. The van der Waals surface area contributed by atoms with Crippen LogP contribution in [0.15, 0.2) is 24.4 Å². The SMILES string of the molecule is CCCCCC(C)Nc1cccc2cn[nH]c12. The van der Waals surface area contributed by atoms with Crippen LogP contribution in [-0.4, -0.2) is 16.2 Å². The van der Waals surface area contributed by atoms with E-state index in [1.165, 1.54) is 25.7 Å². The Hall–Kier alpha value is -1.51. The lowest BCUT2D eigenvalue weighted by molar-refractivity contribution is 0.615. The minimum absolute atomic E-state index is 0.510. The lowest BCUT2D eigenvalue weighted by Crippen LogP contribution is -2.15. The van der Waals surface area contributed by atoms with Crippen molar-refractivity contribution in [2.75, 3.05) is 5.32 Å². The molecule has 3 heteroatoms. The Balaban J connectivity index is 2.00. The van der Waals surface area contributed by atoms with Crippen molar-refractivity contribution in [2.24, 2.45) is 0 Å². The molecule has 0 bridgehead atoms. The minimum atomic E-state index is 0.510. The fourth-order valence-electron chi connectivity index (χ4n) is 2.13. The number of hydrogen-bond acceptors (Lipinski definition) is 2. The largest absolute Gasteiger partial charge is 0.381 e. The Morgan fingerprint density at radius 3 is 3.06 bits per heavy atom. The highest BCUT2D eigenvalue weighted by atomic mass is 15.1. The highest BCUT2D eigenvalue weighted by Crippen LogP contribution is 2.21. The number of rotatable bonds is 6.